The van der Waals surface area contributed by atoms with E-state index in [9.17, 15) is 23.1 Å². The molecule has 0 heterocycles. The zero-order chi connectivity index (χ0) is 23.4. The third-order valence-electron chi connectivity index (χ3n) is 4.60. The first-order valence-corrected chi connectivity index (χ1v) is 10.3. The number of alkyl halides is 3. The number of amides is 2. The third-order valence-corrected chi connectivity index (χ3v) is 5.79. The van der Waals surface area contributed by atoms with Crippen LogP contribution in [-0.2, 0) is 12.1 Å². The number of nitrogens with one attached hydrogen (secondary N) is 3. The predicted molar refractivity (Wildman–Crippen MR) is 117 cm³/mol. The first-order chi connectivity index (χ1) is 14.4. The number of hydrogen-bond acceptors (Lipinski definition) is 3. The third kappa shape index (κ3) is 6.10. The minimum Gasteiger partial charge on any atom is -0.381 e. The molecule has 0 aliphatic carbocycles. The molecule has 2 aromatic carbocycles. The molecule has 4 N–H and O–H groups in total. The standard InChI is InChI=1S/C20H21Cl3F3N3O2/c1-3-27-18(30)28-9-12-4-5-14(6-11(12)2)29-10-19(31,20(24,25)26)13-7-15(21)17(23)16(22)8-13/h4-8,29,31H,3,9-10H2,1-2H3,(H2,27,28,30)/t19-/m0/s1. The van der Waals surface area contributed by atoms with Crippen molar-refractivity contribution in [3.8, 4) is 0 Å². The fourth-order valence-corrected chi connectivity index (χ4v) is 3.39. The highest BCUT2D eigenvalue weighted by Crippen LogP contribution is 2.43. The number of benzene rings is 2. The van der Waals surface area contributed by atoms with Crippen molar-refractivity contribution >= 4 is 46.5 Å². The minimum atomic E-state index is -5.02. The van der Waals surface area contributed by atoms with Crippen LogP contribution in [0.4, 0.5) is 23.7 Å². The van der Waals surface area contributed by atoms with Gasteiger partial charge in [-0.3, -0.25) is 0 Å². The van der Waals surface area contributed by atoms with E-state index >= 15 is 0 Å². The van der Waals surface area contributed by atoms with Crippen LogP contribution in [-0.4, -0.2) is 30.4 Å². The molecule has 0 saturated heterocycles. The van der Waals surface area contributed by atoms with E-state index < -0.39 is 23.9 Å². The number of anilines is 1. The maximum atomic E-state index is 13.8. The Morgan fingerprint density at radius 3 is 2.19 bits per heavy atom. The van der Waals surface area contributed by atoms with E-state index in [1.54, 1.807) is 32.0 Å². The van der Waals surface area contributed by atoms with Gasteiger partial charge >= 0.3 is 12.2 Å². The Morgan fingerprint density at radius 1 is 1.06 bits per heavy atom. The Labute approximate surface area is 192 Å². The fourth-order valence-electron chi connectivity index (χ4n) is 2.79. The first kappa shape index (κ1) is 25.4. The van der Waals surface area contributed by atoms with Gasteiger partial charge in [0.2, 0.25) is 5.60 Å². The second kappa shape index (κ2) is 10.2. The summed E-state index contributed by atoms with van der Waals surface area (Å²) < 4.78 is 41.4. The van der Waals surface area contributed by atoms with Gasteiger partial charge < -0.3 is 21.1 Å². The summed E-state index contributed by atoms with van der Waals surface area (Å²) >= 11 is 17.5. The van der Waals surface area contributed by atoms with Gasteiger partial charge in [0.1, 0.15) is 0 Å². The van der Waals surface area contributed by atoms with E-state index in [0.717, 1.165) is 23.3 Å². The lowest BCUT2D eigenvalue weighted by molar-refractivity contribution is -0.260. The Morgan fingerprint density at radius 2 is 1.68 bits per heavy atom. The number of halogens is 6. The molecule has 0 radical (unpaired) electrons. The summed E-state index contributed by atoms with van der Waals surface area (Å²) in [4.78, 5) is 11.5. The largest absolute Gasteiger partial charge is 0.423 e. The van der Waals surface area contributed by atoms with Gasteiger partial charge in [0.15, 0.2) is 0 Å². The molecule has 0 aliphatic heterocycles. The quantitative estimate of drug-likeness (QED) is 0.374. The normalized spacial score (nSPS) is 13.5. The maximum Gasteiger partial charge on any atom is 0.423 e. The number of aliphatic hydroxyl groups is 1. The topological polar surface area (TPSA) is 73.4 Å². The van der Waals surface area contributed by atoms with Crippen LogP contribution < -0.4 is 16.0 Å². The lowest BCUT2D eigenvalue weighted by Crippen LogP contribution is -2.47. The molecule has 0 aromatic heterocycles. The highest BCUT2D eigenvalue weighted by atomic mass is 35.5. The average Bonchev–Trinajstić information content (AvgIpc) is 2.68. The van der Waals surface area contributed by atoms with Gasteiger partial charge in [0, 0.05) is 18.8 Å². The molecule has 0 aliphatic rings. The molecule has 2 rings (SSSR count). The van der Waals surface area contributed by atoms with Crippen molar-refractivity contribution in [2.45, 2.75) is 32.2 Å². The van der Waals surface area contributed by atoms with Gasteiger partial charge in [0.25, 0.3) is 0 Å². The summed E-state index contributed by atoms with van der Waals surface area (Å²) in [5, 5.41) is 17.9. The second-order valence-corrected chi connectivity index (χ2v) is 8.01. The Hall–Kier alpha value is -1.87. The van der Waals surface area contributed by atoms with Gasteiger partial charge in [-0.05, 0) is 54.8 Å². The molecule has 31 heavy (non-hydrogen) atoms. The molecule has 0 fully saturated rings. The molecule has 2 aromatic rings. The van der Waals surface area contributed by atoms with Crippen molar-refractivity contribution in [1.29, 1.82) is 0 Å². The van der Waals surface area contributed by atoms with Crippen molar-refractivity contribution in [2.75, 3.05) is 18.4 Å². The van der Waals surface area contributed by atoms with Gasteiger partial charge in [0.05, 0.1) is 21.6 Å². The van der Waals surface area contributed by atoms with Gasteiger partial charge in [-0.15, -0.1) is 0 Å². The molecule has 170 valence electrons. The van der Waals surface area contributed by atoms with Crippen LogP contribution in [0.25, 0.3) is 0 Å². The molecule has 2 amide bonds. The lowest BCUT2D eigenvalue weighted by atomic mass is 9.92. The number of carbonyl (C=O) groups excluding carboxylic acids is 1. The summed E-state index contributed by atoms with van der Waals surface area (Å²) in [6.07, 6.45) is -5.02. The second-order valence-electron chi connectivity index (χ2n) is 6.82. The van der Waals surface area contributed by atoms with Crippen molar-refractivity contribution in [2.24, 2.45) is 0 Å². The van der Waals surface area contributed by atoms with Crippen molar-refractivity contribution in [3.63, 3.8) is 0 Å². The lowest BCUT2D eigenvalue weighted by Gasteiger charge is -2.32. The number of aryl methyl sites for hydroxylation is 1. The summed E-state index contributed by atoms with van der Waals surface area (Å²) in [6, 6.07) is 6.40. The molecule has 0 unspecified atom stereocenters. The van der Waals surface area contributed by atoms with Crippen molar-refractivity contribution in [3.05, 3.63) is 62.1 Å². The Balaban J connectivity index is 2.21. The predicted octanol–water partition coefficient (Wildman–Crippen LogP) is 5.64. The summed E-state index contributed by atoms with van der Waals surface area (Å²) in [5.74, 6) is 0. The Kier molecular flexibility index (Phi) is 8.33. The van der Waals surface area contributed by atoms with Gasteiger partial charge in [-0.1, -0.05) is 40.9 Å². The van der Waals surface area contributed by atoms with E-state index in [-0.39, 0.29) is 27.6 Å². The van der Waals surface area contributed by atoms with E-state index in [0.29, 0.717) is 12.2 Å². The van der Waals surface area contributed by atoms with Gasteiger partial charge in [-0.2, -0.15) is 13.2 Å². The highest BCUT2D eigenvalue weighted by Gasteiger charge is 2.55. The minimum absolute atomic E-state index is 0.1000. The van der Waals surface area contributed by atoms with E-state index in [2.05, 4.69) is 16.0 Å². The van der Waals surface area contributed by atoms with Crippen molar-refractivity contribution in [1.82, 2.24) is 10.6 Å². The summed E-state index contributed by atoms with van der Waals surface area (Å²) in [7, 11) is 0. The maximum absolute atomic E-state index is 13.8. The SMILES string of the molecule is CCNC(=O)NCc1ccc(NC[C@](O)(c2cc(Cl)c(Cl)c(Cl)c2)C(F)(F)F)cc1C. The number of rotatable bonds is 7. The first-order valence-electron chi connectivity index (χ1n) is 9.18. The van der Waals surface area contributed by atoms with Crippen LogP contribution in [0.3, 0.4) is 0 Å². The molecule has 0 saturated carbocycles. The fraction of sp³-hybridized carbons (Fsp3) is 0.350. The summed E-state index contributed by atoms with van der Waals surface area (Å²) in [5.41, 5.74) is -1.91. The number of hydrogen-bond donors (Lipinski definition) is 4. The molecular formula is C20H21Cl3F3N3O2. The molecule has 1 atom stereocenters. The highest BCUT2D eigenvalue weighted by molar-refractivity contribution is 6.48. The summed E-state index contributed by atoms with van der Waals surface area (Å²) in [6.45, 7) is 3.40. The van der Waals surface area contributed by atoms with Crippen LogP contribution in [0.2, 0.25) is 15.1 Å². The van der Waals surface area contributed by atoms with E-state index in [4.69, 9.17) is 34.8 Å². The van der Waals surface area contributed by atoms with Crippen LogP contribution >= 0.6 is 34.8 Å². The molecule has 0 spiro atoms. The zero-order valence-electron chi connectivity index (χ0n) is 16.6. The number of urea groups is 1. The number of carbonyl (C=O) groups is 1. The monoisotopic (exact) mass is 497 g/mol. The molecule has 5 nitrogen and oxygen atoms in total. The zero-order valence-corrected chi connectivity index (χ0v) is 18.9. The molecule has 0 bridgehead atoms. The molecule has 11 heteroatoms. The Bertz CT molecular complexity index is 934. The van der Waals surface area contributed by atoms with Crippen LogP contribution in [0.15, 0.2) is 30.3 Å². The van der Waals surface area contributed by atoms with Crippen molar-refractivity contribution < 1.29 is 23.1 Å². The van der Waals surface area contributed by atoms with Crippen LogP contribution in [0.5, 0.6) is 0 Å². The van der Waals surface area contributed by atoms with Crippen LogP contribution in [0.1, 0.15) is 23.6 Å². The average molecular weight is 499 g/mol. The smallest absolute Gasteiger partial charge is 0.381 e. The van der Waals surface area contributed by atoms with E-state index in [1.165, 1.54) is 0 Å². The van der Waals surface area contributed by atoms with Gasteiger partial charge in [-0.25, -0.2) is 4.79 Å². The van der Waals surface area contributed by atoms with Crippen LogP contribution in [0, 0.1) is 6.92 Å². The molecular weight excluding hydrogens is 478 g/mol. The van der Waals surface area contributed by atoms with E-state index in [1.807, 2.05) is 0 Å².